The van der Waals surface area contributed by atoms with E-state index >= 15 is 0 Å². The van der Waals surface area contributed by atoms with Gasteiger partial charge in [0.05, 0.1) is 12.6 Å². The molecule has 1 amide bonds. The van der Waals surface area contributed by atoms with Gasteiger partial charge in [-0.2, -0.15) is 11.3 Å². The SMILES string of the molecule is CN(CC(=O)NC(c1ccccc1)c1cccs1)Cc1ccsc1. The molecular weight excluding hydrogens is 336 g/mol. The molecule has 1 N–H and O–H groups in total. The van der Waals surface area contributed by atoms with Crippen LogP contribution in [0.2, 0.25) is 0 Å². The van der Waals surface area contributed by atoms with Crippen molar-refractivity contribution in [3.8, 4) is 0 Å². The Labute approximate surface area is 150 Å². The molecule has 3 aromatic rings. The van der Waals surface area contributed by atoms with Crippen molar-refractivity contribution in [1.29, 1.82) is 0 Å². The van der Waals surface area contributed by atoms with Gasteiger partial charge < -0.3 is 5.32 Å². The molecule has 5 heteroatoms. The van der Waals surface area contributed by atoms with Gasteiger partial charge in [0.25, 0.3) is 0 Å². The Morgan fingerprint density at radius 2 is 1.96 bits per heavy atom. The molecule has 1 unspecified atom stereocenters. The van der Waals surface area contributed by atoms with Crippen LogP contribution in [0.25, 0.3) is 0 Å². The molecule has 0 saturated heterocycles. The molecule has 1 atom stereocenters. The average molecular weight is 357 g/mol. The van der Waals surface area contributed by atoms with Gasteiger partial charge in [-0.1, -0.05) is 36.4 Å². The maximum absolute atomic E-state index is 12.5. The van der Waals surface area contributed by atoms with E-state index in [2.05, 4.69) is 40.3 Å². The van der Waals surface area contributed by atoms with Crippen molar-refractivity contribution in [3.63, 3.8) is 0 Å². The first-order valence-electron chi connectivity index (χ1n) is 7.79. The third kappa shape index (κ3) is 4.54. The molecular formula is C19H20N2OS2. The standard InChI is InChI=1S/C19H20N2OS2/c1-21(12-15-9-11-23-14-15)13-18(22)20-19(17-8-5-10-24-17)16-6-3-2-4-7-16/h2-11,14,19H,12-13H2,1H3,(H,20,22). The highest BCUT2D eigenvalue weighted by Gasteiger charge is 2.18. The second-order valence-corrected chi connectivity index (χ2v) is 7.49. The van der Waals surface area contributed by atoms with Crippen LogP contribution in [-0.4, -0.2) is 24.4 Å². The minimum atomic E-state index is -0.0896. The molecule has 3 nitrogen and oxygen atoms in total. The first-order chi connectivity index (χ1) is 11.7. The largest absolute Gasteiger partial charge is 0.343 e. The summed E-state index contributed by atoms with van der Waals surface area (Å²) >= 11 is 3.34. The highest BCUT2D eigenvalue weighted by molar-refractivity contribution is 7.10. The number of thiophene rings is 2. The van der Waals surface area contributed by atoms with Gasteiger partial charge in [0, 0.05) is 11.4 Å². The van der Waals surface area contributed by atoms with Crippen molar-refractivity contribution in [1.82, 2.24) is 10.2 Å². The quantitative estimate of drug-likeness (QED) is 0.690. The molecule has 3 rings (SSSR count). The number of amides is 1. The van der Waals surface area contributed by atoms with Crippen LogP contribution in [-0.2, 0) is 11.3 Å². The zero-order chi connectivity index (χ0) is 16.8. The van der Waals surface area contributed by atoms with Crippen LogP contribution in [0.3, 0.4) is 0 Å². The first-order valence-corrected chi connectivity index (χ1v) is 9.62. The normalized spacial score (nSPS) is 12.2. The molecule has 2 heterocycles. The van der Waals surface area contributed by atoms with Crippen molar-refractivity contribution in [3.05, 3.63) is 80.7 Å². The van der Waals surface area contributed by atoms with E-state index < -0.39 is 0 Å². The Bertz CT molecular complexity index is 739. The van der Waals surface area contributed by atoms with Gasteiger partial charge in [-0.15, -0.1) is 11.3 Å². The topological polar surface area (TPSA) is 32.3 Å². The predicted molar refractivity (Wildman–Crippen MR) is 101 cm³/mol. The summed E-state index contributed by atoms with van der Waals surface area (Å²) in [4.78, 5) is 15.7. The molecule has 0 aliphatic carbocycles. The minimum Gasteiger partial charge on any atom is -0.343 e. The van der Waals surface area contributed by atoms with E-state index in [0.29, 0.717) is 6.54 Å². The predicted octanol–water partition coefficient (Wildman–Crippen LogP) is 4.15. The van der Waals surface area contributed by atoms with Crippen molar-refractivity contribution in [2.45, 2.75) is 12.6 Å². The van der Waals surface area contributed by atoms with Crippen molar-refractivity contribution >= 4 is 28.6 Å². The summed E-state index contributed by atoms with van der Waals surface area (Å²) in [6.07, 6.45) is 0. The Morgan fingerprint density at radius 3 is 2.62 bits per heavy atom. The molecule has 0 spiro atoms. The number of carbonyl (C=O) groups excluding carboxylic acids is 1. The highest BCUT2D eigenvalue weighted by Crippen LogP contribution is 2.25. The van der Waals surface area contributed by atoms with Crippen molar-refractivity contribution in [2.24, 2.45) is 0 Å². The van der Waals surface area contributed by atoms with Gasteiger partial charge >= 0.3 is 0 Å². The van der Waals surface area contributed by atoms with Crippen LogP contribution in [0.4, 0.5) is 0 Å². The molecule has 0 bridgehead atoms. The summed E-state index contributed by atoms with van der Waals surface area (Å²) in [6.45, 7) is 1.16. The Balaban J connectivity index is 1.65. The van der Waals surface area contributed by atoms with Gasteiger partial charge in [-0.25, -0.2) is 0 Å². The molecule has 24 heavy (non-hydrogen) atoms. The molecule has 124 valence electrons. The lowest BCUT2D eigenvalue weighted by Gasteiger charge is -2.21. The van der Waals surface area contributed by atoms with E-state index in [1.807, 2.05) is 41.6 Å². The number of carbonyl (C=O) groups is 1. The first kappa shape index (κ1) is 16.9. The van der Waals surface area contributed by atoms with Crippen LogP contribution in [0.15, 0.2) is 64.7 Å². The van der Waals surface area contributed by atoms with Gasteiger partial charge in [0.2, 0.25) is 5.91 Å². The molecule has 1 aromatic carbocycles. The Morgan fingerprint density at radius 1 is 1.12 bits per heavy atom. The summed E-state index contributed by atoms with van der Waals surface area (Å²) in [7, 11) is 1.97. The minimum absolute atomic E-state index is 0.0370. The lowest BCUT2D eigenvalue weighted by atomic mass is 10.1. The van der Waals surface area contributed by atoms with E-state index in [1.165, 1.54) is 5.56 Å². The lowest BCUT2D eigenvalue weighted by Crippen LogP contribution is -2.37. The fourth-order valence-electron chi connectivity index (χ4n) is 2.62. The molecule has 0 saturated carbocycles. The maximum atomic E-state index is 12.5. The van der Waals surface area contributed by atoms with Crippen LogP contribution < -0.4 is 5.32 Å². The van der Waals surface area contributed by atoms with E-state index in [4.69, 9.17) is 0 Å². The number of nitrogens with one attached hydrogen (secondary N) is 1. The van der Waals surface area contributed by atoms with Crippen LogP contribution in [0, 0.1) is 0 Å². The van der Waals surface area contributed by atoms with Crippen molar-refractivity contribution in [2.75, 3.05) is 13.6 Å². The monoisotopic (exact) mass is 356 g/mol. The lowest BCUT2D eigenvalue weighted by molar-refractivity contribution is -0.122. The number of likely N-dealkylation sites (N-methyl/N-ethyl adjacent to an activating group) is 1. The summed E-state index contributed by atoms with van der Waals surface area (Å²) in [5.74, 6) is 0.0370. The zero-order valence-electron chi connectivity index (χ0n) is 13.5. The van der Waals surface area contributed by atoms with Crippen molar-refractivity contribution < 1.29 is 4.79 Å². The van der Waals surface area contributed by atoms with Crippen LogP contribution in [0.5, 0.6) is 0 Å². The fraction of sp³-hybridized carbons (Fsp3) is 0.211. The summed E-state index contributed by atoms with van der Waals surface area (Å²) in [5, 5.41) is 9.40. The Kier molecular flexibility index (Phi) is 5.80. The second kappa shape index (κ2) is 8.24. The molecule has 0 fully saturated rings. The number of nitrogens with zero attached hydrogens (tertiary/aromatic N) is 1. The third-order valence-corrected chi connectivity index (χ3v) is 5.38. The fourth-order valence-corrected chi connectivity index (χ4v) is 4.08. The van der Waals surface area contributed by atoms with E-state index in [1.54, 1.807) is 22.7 Å². The second-order valence-electron chi connectivity index (χ2n) is 5.73. The van der Waals surface area contributed by atoms with Gasteiger partial charge in [0.1, 0.15) is 0 Å². The average Bonchev–Trinajstić information content (AvgIpc) is 3.27. The van der Waals surface area contributed by atoms with Crippen LogP contribution >= 0.6 is 22.7 Å². The zero-order valence-corrected chi connectivity index (χ0v) is 15.1. The highest BCUT2D eigenvalue weighted by atomic mass is 32.1. The molecule has 0 radical (unpaired) electrons. The molecule has 0 aliphatic heterocycles. The smallest absolute Gasteiger partial charge is 0.234 e. The van der Waals surface area contributed by atoms with Crippen LogP contribution in [0.1, 0.15) is 22.0 Å². The summed E-state index contributed by atoms with van der Waals surface area (Å²) in [6, 6.07) is 16.2. The maximum Gasteiger partial charge on any atom is 0.234 e. The van der Waals surface area contributed by atoms with E-state index in [-0.39, 0.29) is 11.9 Å². The van der Waals surface area contributed by atoms with Gasteiger partial charge in [0.15, 0.2) is 0 Å². The number of hydrogen-bond acceptors (Lipinski definition) is 4. The summed E-state index contributed by atoms with van der Waals surface area (Å²) in [5.41, 5.74) is 2.35. The van der Waals surface area contributed by atoms with E-state index in [0.717, 1.165) is 17.0 Å². The van der Waals surface area contributed by atoms with Gasteiger partial charge in [-0.3, -0.25) is 9.69 Å². The number of benzene rings is 1. The molecule has 2 aromatic heterocycles. The third-order valence-electron chi connectivity index (χ3n) is 3.71. The van der Waals surface area contributed by atoms with E-state index in [9.17, 15) is 4.79 Å². The van der Waals surface area contributed by atoms with Gasteiger partial charge in [-0.05, 0) is 46.4 Å². The number of rotatable bonds is 7. The number of hydrogen-bond donors (Lipinski definition) is 1. The Hall–Kier alpha value is -1.95. The molecule has 0 aliphatic rings. The summed E-state index contributed by atoms with van der Waals surface area (Å²) < 4.78 is 0.